The number of hydrogen-bond acceptors (Lipinski definition) is 2. The zero-order chi connectivity index (χ0) is 11.6. The van der Waals surface area contributed by atoms with E-state index in [-0.39, 0.29) is 5.56 Å². The Kier molecular flexibility index (Phi) is 3.36. The van der Waals surface area contributed by atoms with Crippen LogP contribution in [-0.4, -0.2) is 17.2 Å². The van der Waals surface area contributed by atoms with Gasteiger partial charge in [0.25, 0.3) is 0 Å². The lowest BCUT2D eigenvalue weighted by Crippen LogP contribution is -2.38. The topological polar surface area (TPSA) is 40.5 Å². The Labute approximate surface area is 83.3 Å². The summed E-state index contributed by atoms with van der Waals surface area (Å²) in [6, 6.07) is 2.77. The molecular formula is C8H7BF4O2. The van der Waals surface area contributed by atoms with Gasteiger partial charge in [-0.1, -0.05) is 18.2 Å². The number of alkyl halides is 4. The molecule has 2 nitrogen and oxygen atoms in total. The Morgan fingerprint density at radius 2 is 1.80 bits per heavy atom. The second-order valence-corrected chi connectivity index (χ2v) is 2.88. The molecule has 0 saturated heterocycles. The highest BCUT2D eigenvalue weighted by molar-refractivity contribution is 6.59. The molecule has 1 aromatic carbocycles. The normalized spacial score (nSPS) is 11.6. The van der Waals surface area contributed by atoms with Gasteiger partial charge in [-0.15, -0.1) is 0 Å². The van der Waals surface area contributed by atoms with Crippen LogP contribution in [0.25, 0.3) is 0 Å². The fourth-order valence-corrected chi connectivity index (χ4v) is 1.28. The first-order valence-electron chi connectivity index (χ1n) is 3.99. The summed E-state index contributed by atoms with van der Waals surface area (Å²) in [5.74, 6) is 0. The van der Waals surface area contributed by atoms with E-state index in [0.717, 1.165) is 12.1 Å². The smallest absolute Gasteiger partial charge is 0.423 e. The van der Waals surface area contributed by atoms with Crippen LogP contribution in [0.15, 0.2) is 18.2 Å². The van der Waals surface area contributed by atoms with E-state index in [9.17, 15) is 17.6 Å². The monoisotopic (exact) mass is 222 g/mol. The summed E-state index contributed by atoms with van der Waals surface area (Å²) in [7, 11) is -2.34. The van der Waals surface area contributed by atoms with Crippen molar-refractivity contribution in [3.63, 3.8) is 0 Å². The van der Waals surface area contributed by atoms with Crippen LogP contribution in [0.3, 0.4) is 0 Å². The van der Waals surface area contributed by atoms with Crippen LogP contribution in [0.4, 0.5) is 17.6 Å². The standard InChI is InChI=1S/C8H7BF4O2/c10-4-5-2-1-3-6(8(11,12)13)7(5)9(14)15/h1-3,14-15H,4H2. The van der Waals surface area contributed by atoms with E-state index in [1.165, 1.54) is 0 Å². The lowest BCUT2D eigenvalue weighted by Gasteiger charge is -2.14. The maximum Gasteiger partial charge on any atom is 0.489 e. The van der Waals surface area contributed by atoms with Crippen molar-refractivity contribution in [2.24, 2.45) is 0 Å². The van der Waals surface area contributed by atoms with Crippen molar-refractivity contribution in [3.05, 3.63) is 29.3 Å². The first kappa shape index (κ1) is 12.0. The molecule has 0 aliphatic rings. The van der Waals surface area contributed by atoms with Gasteiger partial charge in [-0.3, -0.25) is 0 Å². The van der Waals surface area contributed by atoms with Crippen molar-refractivity contribution in [2.75, 3.05) is 0 Å². The largest absolute Gasteiger partial charge is 0.489 e. The SMILES string of the molecule is OB(O)c1c(CF)cccc1C(F)(F)F. The highest BCUT2D eigenvalue weighted by atomic mass is 19.4. The number of hydrogen-bond donors (Lipinski definition) is 2. The molecule has 0 unspecified atom stereocenters. The lowest BCUT2D eigenvalue weighted by atomic mass is 9.74. The Morgan fingerprint density at radius 1 is 1.20 bits per heavy atom. The fourth-order valence-electron chi connectivity index (χ4n) is 1.28. The molecular weight excluding hydrogens is 215 g/mol. The Hall–Kier alpha value is -1.08. The van der Waals surface area contributed by atoms with Crippen LogP contribution < -0.4 is 5.46 Å². The zero-order valence-corrected chi connectivity index (χ0v) is 7.42. The van der Waals surface area contributed by atoms with E-state index in [4.69, 9.17) is 10.0 Å². The maximum absolute atomic E-state index is 12.4. The molecule has 0 amide bonds. The average Bonchev–Trinajstić information content (AvgIpc) is 2.15. The summed E-state index contributed by atoms with van der Waals surface area (Å²) in [6.45, 7) is -1.18. The predicted octanol–water partition coefficient (Wildman–Crippen LogP) is 0.855. The average molecular weight is 222 g/mol. The highest BCUT2D eigenvalue weighted by Crippen LogP contribution is 2.28. The van der Waals surface area contributed by atoms with Gasteiger partial charge in [0.2, 0.25) is 0 Å². The molecule has 0 aliphatic carbocycles. The summed E-state index contributed by atoms with van der Waals surface area (Å²) in [4.78, 5) is 0. The van der Waals surface area contributed by atoms with Gasteiger partial charge in [-0.05, 0) is 5.56 Å². The fraction of sp³-hybridized carbons (Fsp3) is 0.250. The van der Waals surface area contributed by atoms with Crippen LogP contribution in [0.5, 0.6) is 0 Å². The molecule has 2 N–H and O–H groups in total. The summed E-state index contributed by atoms with van der Waals surface area (Å²) in [6.07, 6.45) is -4.73. The molecule has 0 bridgehead atoms. The molecule has 0 aromatic heterocycles. The van der Waals surface area contributed by atoms with Gasteiger partial charge < -0.3 is 10.0 Å². The van der Waals surface area contributed by atoms with Gasteiger partial charge in [0.15, 0.2) is 0 Å². The molecule has 7 heteroatoms. The Morgan fingerprint density at radius 3 is 2.20 bits per heavy atom. The van der Waals surface area contributed by atoms with E-state index in [1.807, 2.05) is 0 Å². The summed E-state index contributed by atoms with van der Waals surface area (Å²) in [5, 5.41) is 17.5. The quantitative estimate of drug-likeness (QED) is 0.575. The third kappa shape index (κ3) is 2.48. The van der Waals surface area contributed by atoms with Gasteiger partial charge in [-0.2, -0.15) is 13.2 Å². The third-order valence-corrected chi connectivity index (χ3v) is 1.90. The van der Waals surface area contributed by atoms with Gasteiger partial charge in [0.05, 0.1) is 5.56 Å². The van der Waals surface area contributed by atoms with E-state index in [1.54, 1.807) is 0 Å². The molecule has 15 heavy (non-hydrogen) atoms. The molecule has 0 saturated carbocycles. The van der Waals surface area contributed by atoms with Gasteiger partial charge in [0, 0.05) is 5.46 Å². The Bertz CT molecular complexity index is 351. The number of halogens is 4. The van der Waals surface area contributed by atoms with Crippen molar-refractivity contribution < 1.29 is 27.6 Å². The van der Waals surface area contributed by atoms with Crippen LogP contribution in [-0.2, 0) is 12.9 Å². The first-order valence-corrected chi connectivity index (χ1v) is 3.99. The molecule has 0 radical (unpaired) electrons. The number of rotatable bonds is 2. The Balaban J connectivity index is 3.39. The molecule has 82 valence electrons. The van der Waals surface area contributed by atoms with Crippen LogP contribution in [0.2, 0.25) is 0 Å². The maximum atomic E-state index is 12.4. The zero-order valence-electron chi connectivity index (χ0n) is 7.42. The van der Waals surface area contributed by atoms with Crippen molar-refractivity contribution in [2.45, 2.75) is 12.9 Å². The summed E-state index contributed by atoms with van der Waals surface area (Å²) >= 11 is 0. The first-order chi connectivity index (χ1) is 6.88. The molecule has 1 rings (SSSR count). The van der Waals surface area contributed by atoms with Gasteiger partial charge in [-0.25, -0.2) is 4.39 Å². The van der Waals surface area contributed by atoms with Crippen molar-refractivity contribution in [3.8, 4) is 0 Å². The molecule has 1 aromatic rings. The van der Waals surface area contributed by atoms with E-state index < -0.39 is 31.0 Å². The minimum atomic E-state index is -4.73. The summed E-state index contributed by atoms with van der Waals surface area (Å²) < 4.78 is 49.5. The van der Waals surface area contributed by atoms with Gasteiger partial charge in [0.1, 0.15) is 6.67 Å². The molecule has 0 aliphatic heterocycles. The molecule has 0 heterocycles. The molecule has 0 spiro atoms. The van der Waals surface area contributed by atoms with Crippen molar-refractivity contribution in [1.82, 2.24) is 0 Å². The minimum Gasteiger partial charge on any atom is -0.423 e. The van der Waals surface area contributed by atoms with E-state index in [2.05, 4.69) is 0 Å². The highest BCUT2D eigenvalue weighted by Gasteiger charge is 2.37. The van der Waals surface area contributed by atoms with E-state index >= 15 is 0 Å². The second kappa shape index (κ2) is 4.20. The van der Waals surface area contributed by atoms with Crippen LogP contribution in [0, 0.1) is 0 Å². The molecule has 0 atom stereocenters. The van der Waals surface area contributed by atoms with Crippen molar-refractivity contribution in [1.29, 1.82) is 0 Å². The van der Waals surface area contributed by atoms with Crippen LogP contribution in [0.1, 0.15) is 11.1 Å². The minimum absolute atomic E-state index is 0.375. The van der Waals surface area contributed by atoms with Crippen molar-refractivity contribution >= 4 is 12.6 Å². The lowest BCUT2D eigenvalue weighted by molar-refractivity contribution is -0.136. The number of benzene rings is 1. The van der Waals surface area contributed by atoms with E-state index in [0.29, 0.717) is 6.07 Å². The molecule has 0 fully saturated rings. The summed E-state index contributed by atoms with van der Waals surface area (Å²) in [5.41, 5.74) is -2.43. The predicted molar refractivity (Wildman–Crippen MR) is 46.1 cm³/mol. The van der Waals surface area contributed by atoms with Gasteiger partial charge >= 0.3 is 13.3 Å². The third-order valence-electron chi connectivity index (χ3n) is 1.90. The van der Waals surface area contributed by atoms with Crippen LogP contribution >= 0.6 is 0 Å². The second-order valence-electron chi connectivity index (χ2n) is 2.88.